The van der Waals surface area contributed by atoms with Crippen molar-refractivity contribution in [3.63, 3.8) is 0 Å². The highest BCUT2D eigenvalue weighted by Gasteiger charge is 2.47. The van der Waals surface area contributed by atoms with Crippen LogP contribution >= 0.6 is 0 Å². The molecular weight excluding hydrogens is 511 g/mol. The third-order valence-electron chi connectivity index (χ3n) is 6.43. The Hall–Kier alpha value is -4.27. The van der Waals surface area contributed by atoms with E-state index in [4.69, 9.17) is 4.74 Å². The molecule has 0 bridgehead atoms. The van der Waals surface area contributed by atoms with Crippen LogP contribution in [-0.2, 0) is 15.0 Å². The molecular formula is C30H28F3NO5. The summed E-state index contributed by atoms with van der Waals surface area (Å²) in [7, 11) is 1.54. The molecule has 3 aromatic rings. The van der Waals surface area contributed by atoms with Crippen LogP contribution in [0.15, 0.2) is 72.3 Å². The summed E-state index contributed by atoms with van der Waals surface area (Å²) in [6.45, 7) is 7.78. The van der Waals surface area contributed by atoms with E-state index in [9.17, 15) is 27.9 Å². The van der Waals surface area contributed by atoms with Crippen LogP contribution in [0.25, 0.3) is 5.76 Å². The number of Topliss-reactive ketones (excluding diaryl/α,β-unsaturated/α-hetero) is 1. The predicted octanol–water partition coefficient (Wildman–Crippen LogP) is 6.83. The smallest absolute Gasteiger partial charge is 0.507 e. The molecule has 3 aromatic carbocycles. The van der Waals surface area contributed by atoms with Crippen molar-refractivity contribution in [2.45, 2.75) is 45.5 Å². The standard InChI is InChI=1S/C30H28F3NO5/c1-17-7-6-8-18(15-17)25-24(26(35)19-9-14-23(38-5)22(16-19)29(2,3)4)27(36)28(37)34(25)20-10-12-21(13-11-20)39-30(31,32)33/h6-16,25,35H,1-5H3/b26-24-. The van der Waals surface area contributed by atoms with Crippen molar-refractivity contribution in [1.29, 1.82) is 0 Å². The van der Waals surface area contributed by atoms with Gasteiger partial charge in [0, 0.05) is 16.8 Å². The number of rotatable bonds is 5. The van der Waals surface area contributed by atoms with Crippen LogP contribution in [-0.4, -0.2) is 30.3 Å². The molecule has 1 aliphatic heterocycles. The zero-order valence-corrected chi connectivity index (χ0v) is 22.1. The topological polar surface area (TPSA) is 76.1 Å². The number of carbonyl (C=O) groups is 2. The SMILES string of the molecule is COc1ccc(/C(O)=C2/C(=O)C(=O)N(c3ccc(OC(F)(F)F)cc3)C2c2cccc(C)c2)cc1C(C)(C)C. The van der Waals surface area contributed by atoms with Crippen molar-refractivity contribution in [1.82, 2.24) is 0 Å². The molecule has 1 atom stereocenters. The molecule has 6 nitrogen and oxygen atoms in total. The Labute approximate surface area is 224 Å². The molecule has 1 unspecified atom stereocenters. The predicted molar refractivity (Wildman–Crippen MR) is 141 cm³/mol. The Bertz CT molecular complexity index is 1450. The molecule has 0 aliphatic carbocycles. The molecule has 204 valence electrons. The van der Waals surface area contributed by atoms with Gasteiger partial charge in [0.2, 0.25) is 0 Å². The summed E-state index contributed by atoms with van der Waals surface area (Å²) < 4.78 is 47.4. The summed E-state index contributed by atoms with van der Waals surface area (Å²) in [6.07, 6.45) is -4.88. The number of carbonyl (C=O) groups excluding carboxylic acids is 2. The number of ketones is 1. The fourth-order valence-corrected chi connectivity index (χ4v) is 4.66. The number of nitrogens with zero attached hydrogens (tertiary/aromatic N) is 1. The molecule has 9 heteroatoms. The van der Waals surface area contributed by atoms with Gasteiger partial charge in [-0.05, 0) is 60.4 Å². The summed E-state index contributed by atoms with van der Waals surface area (Å²) in [5, 5.41) is 11.5. The van der Waals surface area contributed by atoms with Gasteiger partial charge >= 0.3 is 6.36 Å². The molecule has 1 amide bonds. The summed E-state index contributed by atoms with van der Waals surface area (Å²) in [5.74, 6) is -2.06. The Morgan fingerprint density at radius 3 is 2.18 bits per heavy atom. The lowest BCUT2D eigenvalue weighted by molar-refractivity contribution is -0.274. The highest BCUT2D eigenvalue weighted by Crippen LogP contribution is 2.43. The lowest BCUT2D eigenvalue weighted by atomic mass is 9.84. The number of amides is 1. The number of hydrogen-bond acceptors (Lipinski definition) is 5. The van der Waals surface area contributed by atoms with Crippen LogP contribution in [0.4, 0.5) is 18.9 Å². The molecule has 1 fully saturated rings. The zero-order chi connectivity index (χ0) is 28.7. The van der Waals surface area contributed by atoms with Crippen LogP contribution in [0.3, 0.4) is 0 Å². The van der Waals surface area contributed by atoms with E-state index in [0.717, 1.165) is 23.3 Å². The van der Waals surface area contributed by atoms with E-state index in [1.807, 2.05) is 33.8 Å². The molecule has 0 aromatic heterocycles. The van der Waals surface area contributed by atoms with Crippen LogP contribution in [0.2, 0.25) is 0 Å². The molecule has 1 N–H and O–H groups in total. The minimum atomic E-state index is -4.88. The van der Waals surface area contributed by atoms with Crippen molar-refractivity contribution < 1.29 is 37.3 Å². The van der Waals surface area contributed by atoms with Gasteiger partial charge in [0.25, 0.3) is 11.7 Å². The first kappa shape index (κ1) is 27.8. The van der Waals surface area contributed by atoms with Crippen molar-refractivity contribution in [3.05, 3.63) is 94.6 Å². The summed E-state index contributed by atoms with van der Waals surface area (Å²) in [4.78, 5) is 28.0. The Morgan fingerprint density at radius 2 is 1.62 bits per heavy atom. The number of aryl methyl sites for hydroxylation is 1. The second-order valence-electron chi connectivity index (χ2n) is 10.3. The van der Waals surface area contributed by atoms with Gasteiger partial charge in [-0.25, -0.2) is 0 Å². The van der Waals surface area contributed by atoms with Gasteiger partial charge in [-0.1, -0.05) is 50.6 Å². The Balaban J connectivity index is 1.90. The van der Waals surface area contributed by atoms with Gasteiger partial charge in [-0.3, -0.25) is 14.5 Å². The number of alkyl halides is 3. The Kier molecular flexibility index (Phi) is 7.21. The van der Waals surface area contributed by atoms with E-state index in [1.54, 1.807) is 43.5 Å². The van der Waals surface area contributed by atoms with E-state index in [-0.39, 0.29) is 22.4 Å². The number of hydrogen-bond donors (Lipinski definition) is 1. The number of aliphatic hydroxyl groups excluding tert-OH is 1. The average molecular weight is 540 g/mol. The summed E-state index contributed by atoms with van der Waals surface area (Å²) >= 11 is 0. The maximum Gasteiger partial charge on any atom is 0.573 e. The fourth-order valence-electron chi connectivity index (χ4n) is 4.66. The first-order chi connectivity index (χ1) is 18.2. The molecule has 1 saturated heterocycles. The highest BCUT2D eigenvalue weighted by molar-refractivity contribution is 6.51. The maximum absolute atomic E-state index is 13.4. The normalized spacial score (nSPS) is 17.4. The van der Waals surface area contributed by atoms with Gasteiger partial charge in [-0.15, -0.1) is 13.2 Å². The molecule has 4 rings (SSSR count). The quantitative estimate of drug-likeness (QED) is 0.219. The van der Waals surface area contributed by atoms with Crippen LogP contribution in [0.1, 0.15) is 49.1 Å². The second kappa shape index (κ2) is 10.1. The van der Waals surface area contributed by atoms with E-state index in [1.165, 1.54) is 17.0 Å². The van der Waals surface area contributed by atoms with Crippen LogP contribution in [0, 0.1) is 6.92 Å². The van der Waals surface area contributed by atoms with Gasteiger partial charge in [0.1, 0.15) is 17.3 Å². The summed E-state index contributed by atoms with van der Waals surface area (Å²) in [6, 6.07) is 15.8. The third-order valence-corrected chi connectivity index (χ3v) is 6.43. The van der Waals surface area contributed by atoms with Crippen LogP contribution < -0.4 is 14.4 Å². The Morgan fingerprint density at radius 1 is 0.949 bits per heavy atom. The van der Waals surface area contributed by atoms with E-state index < -0.39 is 29.8 Å². The largest absolute Gasteiger partial charge is 0.573 e. The number of methoxy groups -OCH3 is 1. The lowest BCUT2D eigenvalue weighted by Gasteiger charge is -2.26. The van der Waals surface area contributed by atoms with Crippen molar-refractivity contribution >= 4 is 23.1 Å². The minimum Gasteiger partial charge on any atom is -0.507 e. The maximum atomic E-state index is 13.4. The summed E-state index contributed by atoms with van der Waals surface area (Å²) in [5.41, 5.74) is 2.20. The molecule has 0 spiro atoms. The van der Waals surface area contributed by atoms with E-state index >= 15 is 0 Å². The molecule has 0 radical (unpaired) electrons. The van der Waals surface area contributed by atoms with Gasteiger partial charge in [0.15, 0.2) is 0 Å². The van der Waals surface area contributed by atoms with Gasteiger partial charge in [0.05, 0.1) is 18.7 Å². The number of ether oxygens (including phenoxy) is 2. The minimum absolute atomic E-state index is 0.133. The molecule has 1 heterocycles. The molecule has 0 saturated carbocycles. The first-order valence-corrected chi connectivity index (χ1v) is 12.1. The third kappa shape index (κ3) is 5.62. The van der Waals surface area contributed by atoms with Crippen molar-refractivity contribution in [2.24, 2.45) is 0 Å². The number of aliphatic hydroxyl groups is 1. The van der Waals surface area contributed by atoms with Gasteiger partial charge < -0.3 is 14.6 Å². The zero-order valence-electron chi connectivity index (χ0n) is 22.1. The number of benzene rings is 3. The lowest BCUT2D eigenvalue weighted by Crippen LogP contribution is -2.29. The van der Waals surface area contributed by atoms with Crippen LogP contribution in [0.5, 0.6) is 11.5 Å². The fraction of sp³-hybridized carbons (Fsp3) is 0.267. The van der Waals surface area contributed by atoms with E-state index in [2.05, 4.69) is 4.74 Å². The van der Waals surface area contributed by atoms with Crippen molar-refractivity contribution in [2.75, 3.05) is 12.0 Å². The second-order valence-corrected chi connectivity index (χ2v) is 10.3. The number of halogens is 3. The van der Waals surface area contributed by atoms with E-state index in [0.29, 0.717) is 16.9 Å². The monoisotopic (exact) mass is 539 g/mol. The van der Waals surface area contributed by atoms with Crippen molar-refractivity contribution in [3.8, 4) is 11.5 Å². The molecule has 39 heavy (non-hydrogen) atoms. The van der Waals surface area contributed by atoms with Gasteiger partial charge in [-0.2, -0.15) is 0 Å². The first-order valence-electron chi connectivity index (χ1n) is 12.1. The number of anilines is 1. The average Bonchev–Trinajstić information content (AvgIpc) is 3.12. The molecule has 1 aliphatic rings. The highest BCUT2D eigenvalue weighted by atomic mass is 19.4.